The zero-order valence-corrected chi connectivity index (χ0v) is 12.4. The molecular weight excluding hydrogens is 290 g/mol. The van der Waals surface area contributed by atoms with Crippen LogP contribution in [0.5, 0.6) is 0 Å². The van der Waals surface area contributed by atoms with E-state index in [2.05, 4.69) is 52.4 Å². The molecule has 0 bridgehead atoms. The van der Waals surface area contributed by atoms with E-state index in [4.69, 9.17) is 0 Å². The van der Waals surface area contributed by atoms with Gasteiger partial charge >= 0.3 is 0 Å². The Labute approximate surface area is 117 Å². The van der Waals surface area contributed by atoms with Gasteiger partial charge in [-0.1, -0.05) is 40.2 Å². The summed E-state index contributed by atoms with van der Waals surface area (Å²) in [4.78, 5) is 12.2. The lowest BCUT2D eigenvalue weighted by Crippen LogP contribution is -2.39. The van der Waals surface area contributed by atoms with Crippen molar-refractivity contribution in [3.63, 3.8) is 0 Å². The van der Waals surface area contributed by atoms with Gasteiger partial charge in [-0.05, 0) is 43.7 Å². The average molecular weight is 310 g/mol. The number of hydrogen-bond donors (Lipinski definition) is 1. The molecule has 0 aliphatic heterocycles. The predicted octanol–water partition coefficient (Wildman–Crippen LogP) is 3.08. The van der Waals surface area contributed by atoms with E-state index in [0.717, 1.165) is 31.0 Å². The van der Waals surface area contributed by atoms with E-state index in [1.807, 2.05) is 0 Å². The van der Waals surface area contributed by atoms with Gasteiger partial charge in [0.1, 0.15) is 0 Å². The Morgan fingerprint density at radius 3 is 2.89 bits per heavy atom. The topological polar surface area (TPSA) is 29.1 Å². The first-order valence-electron chi connectivity index (χ1n) is 6.64. The van der Waals surface area contributed by atoms with Gasteiger partial charge in [-0.3, -0.25) is 4.79 Å². The lowest BCUT2D eigenvalue weighted by molar-refractivity contribution is -0.125. The SMILES string of the molecule is CC(CCBr)NC(=O)C1CCc2ccccc2C1. The highest BCUT2D eigenvalue weighted by Gasteiger charge is 2.24. The standard InChI is InChI=1S/C15H20BrNO/c1-11(8-9-16)17-15(18)14-7-6-12-4-2-3-5-13(12)10-14/h2-5,11,14H,6-10H2,1H3,(H,17,18). The van der Waals surface area contributed by atoms with Crippen molar-refractivity contribution in [3.05, 3.63) is 35.4 Å². The zero-order chi connectivity index (χ0) is 13.0. The van der Waals surface area contributed by atoms with Gasteiger partial charge in [-0.15, -0.1) is 0 Å². The van der Waals surface area contributed by atoms with E-state index in [1.165, 1.54) is 11.1 Å². The van der Waals surface area contributed by atoms with Crippen LogP contribution >= 0.6 is 15.9 Å². The molecule has 0 aromatic heterocycles. The molecule has 18 heavy (non-hydrogen) atoms. The van der Waals surface area contributed by atoms with Crippen molar-refractivity contribution in [1.29, 1.82) is 0 Å². The van der Waals surface area contributed by atoms with Crippen molar-refractivity contribution >= 4 is 21.8 Å². The summed E-state index contributed by atoms with van der Waals surface area (Å²) in [5, 5.41) is 4.04. The first-order chi connectivity index (χ1) is 8.70. The molecule has 0 saturated heterocycles. The van der Waals surface area contributed by atoms with Gasteiger partial charge in [-0.25, -0.2) is 0 Å². The Bertz CT molecular complexity index is 419. The molecule has 0 heterocycles. The van der Waals surface area contributed by atoms with Crippen LogP contribution in [0.15, 0.2) is 24.3 Å². The van der Waals surface area contributed by atoms with Crippen LogP contribution in [0.4, 0.5) is 0 Å². The molecule has 3 heteroatoms. The summed E-state index contributed by atoms with van der Waals surface area (Å²) < 4.78 is 0. The summed E-state index contributed by atoms with van der Waals surface area (Å²) in [6.45, 7) is 2.07. The second-order valence-corrected chi connectivity index (χ2v) is 5.89. The van der Waals surface area contributed by atoms with Gasteiger partial charge in [0.05, 0.1) is 0 Å². The summed E-state index contributed by atoms with van der Waals surface area (Å²) in [6, 6.07) is 8.73. The number of carbonyl (C=O) groups is 1. The summed E-state index contributed by atoms with van der Waals surface area (Å²) in [5.74, 6) is 0.371. The minimum Gasteiger partial charge on any atom is -0.353 e. The molecule has 0 saturated carbocycles. The maximum Gasteiger partial charge on any atom is 0.223 e. The molecule has 2 atom stereocenters. The van der Waals surface area contributed by atoms with Gasteiger partial charge in [-0.2, -0.15) is 0 Å². The lowest BCUT2D eigenvalue weighted by atomic mass is 9.83. The van der Waals surface area contributed by atoms with Crippen LogP contribution in [-0.4, -0.2) is 17.3 Å². The Kier molecular flexibility index (Phi) is 4.81. The van der Waals surface area contributed by atoms with Gasteiger partial charge < -0.3 is 5.32 Å². The maximum absolute atomic E-state index is 12.2. The third kappa shape index (κ3) is 3.35. The third-order valence-electron chi connectivity index (χ3n) is 3.65. The van der Waals surface area contributed by atoms with E-state index in [-0.39, 0.29) is 17.9 Å². The van der Waals surface area contributed by atoms with Crippen molar-refractivity contribution < 1.29 is 4.79 Å². The highest BCUT2D eigenvalue weighted by molar-refractivity contribution is 9.09. The fourth-order valence-electron chi connectivity index (χ4n) is 2.52. The Morgan fingerprint density at radius 2 is 2.17 bits per heavy atom. The monoisotopic (exact) mass is 309 g/mol. The van der Waals surface area contributed by atoms with Crippen molar-refractivity contribution in [3.8, 4) is 0 Å². The molecule has 1 aliphatic carbocycles. The molecule has 0 fully saturated rings. The maximum atomic E-state index is 12.2. The van der Waals surface area contributed by atoms with E-state index in [9.17, 15) is 4.79 Å². The number of hydrogen-bond acceptors (Lipinski definition) is 1. The number of carbonyl (C=O) groups excluding carboxylic acids is 1. The molecule has 0 spiro atoms. The first-order valence-corrected chi connectivity index (χ1v) is 7.76. The number of aryl methyl sites for hydroxylation is 1. The van der Waals surface area contributed by atoms with Crippen LogP contribution in [0.1, 0.15) is 30.9 Å². The molecule has 2 nitrogen and oxygen atoms in total. The summed E-state index contributed by atoms with van der Waals surface area (Å²) in [7, 11) is 0. The van der Waals surface area contributed by atoms with Gasteiger partial charge in [0.25, 0.3) is 0 Å². The van der Waals surface area contributed by atoms with Crippen LogP contribution in [0.2, 0.25) is 0 Å². The van der Waals surface area contributed by atoms with E-state index in [1.54, 1.807) is 0 Å². The fourth-order valence-corrected chi connectivity index (χ4v) is 3.20. The number of nitrogens with one attached hydrogen (secondary N) is 1. The number of halogens is 1. The summed E-state index contributed by atoms with van der Waals surface area (Å²) in [6.07, 6.45) is 3.88. The van der Waals surface area contributed by atoms with Crippen LogP contribution in [0.25, 0.3) is 0 Å². The number of alkyl halides is 1. The molecule has 1 aromatic carbocycles. The molecule has 2 unspecified atom stereocenters. The van der Waals surface area contributed by atoms with E-state index >= 15 is 0 Å². The van der Waals surface area contributed by atoms with Gasteiger partial charge in [0.2, 0.25) is 5.91 Å². The minimum atomic E-state index is 0.151. The largest absolute Gasteiger partial charge is 0.353 e. The summed E-state index contributed by atoms with van der Waals surface area (Å²) >= 11 is 3.41. The van der Waals surface area contributed by atoms with Gasteiger partial charge in [0.15, 0.2) is 0 Å². The number of benzene rings is 1. The second kappa shape index (κ2) is 6.37. The molecule has 0 radical (unpaired) electrons. The second-order valence-electron chi connectivity index (χ2n) is 5.10. The quantitative estimate of drug-likeness (QED) is 0.851. The molecule has 1 N–H and O–H groups in total. The minimum absolute atomic E-state index is 0.151. The zero-order valence-electron chi connectivity index (χ0n) is 10.8. The Morgan fingerprint density at radius 1 is 1.44 bits per heavy atom. The predicted molar refractivity (Wildman–Crippen MR) is 78.0 cm³/mol. The van der Waals surface area contributed by atoms with Crippen LogP contribution in [0.3, 0.4) is 0 Å². The fraction of sp³-hybridized carbons (Fsp3) is 0.533. The molecule has 1 amide bonds. The van der Waals surface area contributed by atoms with Crippen LogP contribution in [-0.2, 0) is 17.6 Å². The van der Waals surface area contributed by atoms with E-state index in [0.29, 0.717) is 0 Å². The molecule has 1 aliphatic rings. The van der Waals surface area contributed by atoms with Crippen molar-refractivity contribution in [2.75, 3.05) is 5.33 Å². The molecule has 2 rings (SSSR count). The van der Waals surface area contributed by atoms with Crippen LogP contribution in [0, 0.1) is 5.92 Å². The first kappa shape index (κ1) is 13.6. The van der Waals surface area contributed by atoms with E-state index < -0.39 is 0 Å². The smallest absolute Gasteiger partial charge is 0.223 e. The number of fused-ring (bicyclic) bond motifs is 1. The highest BCUT2D eigenvalue weighted by atomic mass is 79.9. The molecule has 1 aromatic rings. The molecular formula is C15H20BrNO. The number of amides is 1. The van der Waals surface area contributed by atoms with Crippen molar-refractivity contribution in [1.82, 2.24) is 5.32 Å². The van der Waals surface area contributed by atoms with Crippen LogP contribution < -0.4 is 5.32 Å². The van der Waals surface area contributed by atoms with Crippen molar-refractivity contribution in [2.24, 2.45) is 5.92 Å². The highest BCUT2D eigenvalue weighted by Crippen LogP contribution is 2.25. The average Bonchev–Trinajstić information content (AvgIpc) is 2.38. The summed E-state index contributed by atoms with van der Waals surface area (Å²) in [5.41, 5.74) is 2.76. The normalized spacial score (nSPS) is 20.0. The third-order valence-corrected chi connectivity index (χ3v) is 4.11. The number of rotatable bonds is 4. The Balaban J connectivity index is 1.94. The lowest BCUT2D eigenvalue weighted by Gasteiger charge is -2.25. The van der Waals surface area contributed by atoms with Gasteiger partial charge in [0, 0.05) is 17.3 Å². The molecule has 98 valence electrons. The Hall–Kier alpha value is -0.830. The van der Waals surface area contributed by atoms with Crippen molar-refractivity contribution in [2.45, 2.75) is 38.6 Å².